The molecule has 4 unspecified atom stereocenters. The number of unbranched alkanes of at least 4 members (excludes halogenated alkanes) is 3. The first-order valence-electron chi connectivity index (χ1n) is 8.67. The Morgan fingerprint density at radius 3 is 1.71 bits per heavy atom. The lowest BCUT2D eigenvalue weighted by Crippen LogP contribution is -2.24. The van der Waals surface area contributed by atoms with E-state index in [0.717, 1.165) is 19.3 Å². The van der Waals surface area contributed by atoms with Crippen LogP contribution in [0, 0.1) is 0 Å². The Hall–Kier alpha value is -1.21. The van der Waals surface area contributed by atoms with Crippen molar-refractivity contribution in [3.8, 4) is 0 Å². The van der Waals surface area contributed by atoms with Crippen molar-refractivity contribution in [2.24, 2.45) is 0 Å². The van der Waals surface area contributed by atoms with Crippen molar-refractivity contribution in [1.82, 2.24) is 0 Å². The van der Waals surface area contributed by atoms with E-state index in [1.807, 2.05) is 0 Å². The number of aliphatic hydroxyl groups is 4. The minimum Gasteiger partial charge on any atom is -0.481 e. The summed E-state index contributed by atoms with van der Waals surface area (Å²) in [6.07, 6.45) is 6.96. The monoisotopic (exact) mass is 344 g/mol. The smallest absolute Gasteiger partial charge is 0.303 e. The van der Waals surface area contributed by atoms with Gasteiger partial charge in [-0.2, -0.15) is 0 Å². The highest BCUT2D eigenvalue weighted by atomic mass is 16.4. The molecule has 0 spiro atoms. The van der Waals surface area contributed by atoms with Crippen LogP contribution in [-0.4, -0.2) is 55.9 Å². The molecule has 0 fully saturated rings. The van der Waals surface area contributed by atoms with E-state index in [2.05, 4.69) is 6.92 Å². The molecular weight excluding hydrogens is 312 g/mol. The highest BCUT2D eigenvalue weighted by molar-refractivity contribution is 5.66. The Morgan fingerprint density at radius 2 is 1.29 bits per heavy atom. The molecule has 6 nitrogen and oxygen atoms in total. The van der Waals surface area contributed by atoms with Crippen LogP contribution in [0.5, 0.6) is 0 Å². The first kappa shape index (κ1) is 22.8. The van der Waals surface area contributed by atoms with Crippen LogP contribution in [0.25, 0.3) is 0 Å². The fourth-order valence-electron chi connectivity index (χ4n) is 2.19. The maximum atomic E-state index is 10.4. The number of allylic oxidation sites excluding steroid dienone is 2. The van der Waals surface area contributed by atoms with E-state index < -0.39 is 30.4 Å². The Morgan fingerprint density at radius 1 is 0.833 bits per heavy atom. The zero-order valence-electron chi connectivity index (χ0n) is 14.4. The first-order chi connectivity index (χ1) is 11.4. The van der Waals surface area contributed by atoms with Crippen LogP contribution in [0.1, 0.15) is 58.3 Å². The Labute approximate surface area is 144 Å². The molecule has 0 aliphatic heterocycles. The summed E-state index contributed by atoms with van der Waals surface area (Å²) in [5.74, 6) is -0.870. The number of carbonyl (C=O) groups is 1. The van der Waals surface area contributed by atoms with Crippen LogP contribution in [0.3, 0.4) is 0 Å². The minimum absolute atomic E-state index is 0.0554. The zero-order chi connectivity index (χ0) is 18.4. The number of hydrogen-bond acceptors (Lipinski definition) is 5. The molecule has 0 aromatic rings. The number of hydrogen-bond donors (Lipinski definition) is 5. The van der Waals surface area contributed by atoms with Gasteiger partial charge in [0.1, 0.15) is 0 Å². The number of aliphatic carboxylic acids is 1. The standard InChI is InChI=1S/C18H32O6/c1-2-3-4-9-14(19)15(20)10-5-6-11-16(21)17(22)12-7-8-13-18(23)24/h5-6,10-11,14-17,19-22H,2-4,7-9,12-13H2,1H3,(H,23,24)/b10-5+,11-6+. The van der Waals surface area contributed by atoms with Gasteiger partial charge in [-0.15, -0.1) is 0 Å². The highest BCUT2D eigenvalue weighted by Gasteiger charge is 2.13. The minimum atomic E-state index is -1.05. The molecule has 24 heavy (non-hydrogen) atoms. The molecule has 0 radical (unpaired) electrons. The summed E-state index contributed by atoms with van der Waals surface area (Å²) >= 11 is 0. The average Bonchev–Trinajstić information content (AvgIpc) is 2.54. The fraction of sp³-hybridized carbons (Fsp3) is 0.722. The first-order valence-corrected chi connectivity index (χ1v) is 8.67. The van der Waals surface area contributed by atoms with Gasteiger partial charge in [0.15, 0.2) is 0 Å². The van der Waals surface area contributed by atoms with Gasteiger partial charge in [0, 0.05) is 6.42 Å². The third-order valence-electron chi connectivity index (χ3n) is 3.76. The lowest BCUT2D eigenvalue weighted by Gasteiger charge is -2.14. The number of rotatable bonds is 14. The van der Waals surface area contributed by atoms with Crippen molar-refractivity contribution in [1.29, 1.82) is 0 Å². The summed E-state index contributed by atoms with van der Waals surface area (Å²) in [7, 11) is 0. The fourth-order valence-corrected chi connectivity index (χ4v) is 2.19. The van der Waals surface area contributed by atoms with E-state index in [4.69, 9.17) is 5.11 Å². The summed E-state index contributed by atoms with van der Waals surface area (Å²) < 4.78 is 0. The second-order valence-electron chi connectivity index (χ2n) is 6.02. The molecule has 0 amide bonds. The molecular formula is C18H32O6. The molecule has 0 rings (SSSR count). The summed E-state index contributed by atoms with van der Waals surface area (Å²) in [6.45, 7) is 2.07. The van der Waals surface area contributed by atoms with Crippen LogP contribution in [-0.2, 0) is 4.79 Å². The molecule has 0 saturated carbocycles. The van der Waals surface area contributed by atoms with E-state index >= 15 is 0 Å². The maximum absolute atomic E-state index is 10.4. The molecule has 0 aromatic carbocycles. The lowest BCUT2D eigenvalue weighted by atomic mass is 10.0. The van der Waals surface area contributed by atoms with Gasteiger partial charge in [-0.25, -0.2) is 0 Å². The predicted molar refractivity (Wildman–Crippen MR) is 92.6 cm³/mol. The molecule has 0 aliphatic carbocycles. The van der Waals surface area contributed by atoms with Crippen molar-refractivity contribution in [3.05, 3.63) is 24.3 Å². The quantitative estimate of drug-likeness (QED) is 0.242. The Bertz CT molecular complexity index is 380. The van der Waals surface area contributed by atoms with Crippen LogP contribution >= 0.6 is 0 Å². The zero-order valence-corrected chi connectivity index (χ0v) is 14.4. The number of carboxylic acids is 1. The van der Waals surface area contributed by atoms with Gasteiger partial charge in [-0.05, 0) is 19.3 Å². The molecule has 0 heterocycles. The van der Waals surface area contributed by atoms with Gasteiger partial charge >= 0.3 is 5.97 Å². The van der Waals surface area contributed by atoms with E-state index in [9.17, 15) is 25.2 Å². The molecule has 6 heteroatoms. The predicted octanol–water partition coefficient (Wildman–Crippen LogP) is 1.77. The van der Waals surface area contributed by atoms with E-state index in [0.29, 0.717) is 25.7 Å². The molecule has 0 saturated heterocycles. The van der Waals surface area contributed by atoms with E-state index in [1.165, 1.54) is 24.3 Å². The van der Waals surface area contributed by atoms with Crippen LogP contribution in [0.2, 0.25) is 0 Å². The molecule has 0 aromatic heterocycles. The second-order valence-corrected chi connectivity index (χ2v) is 6.02. The van der Waals surface area contributed by atoms with E-state index in [1.54, 1.807) is 0 Å². The van der Waals surface area contributed by atoms with Crippen molar-refractivity contribution in [3.63, 3.8) is 0 Å². The average molecular weight is 344 g/mol. The molecule has 0 aliphatic rings. The Kier molecular flexibility index (Phi) is 13.4. The summed E-state index contributed by atoms with van der Waals surface area (Å²) in [5, 5.41) is 47.5. The van der Waals surface area contributed by atoms with Crippen molar-refractivity contribution >= 4 is 5.97 Å². The summed E-state index contributed by atoms with van der Waals surface area (Å²) in [4.78, 5) is 10.4. The van der Waals surface area contributed by atoms with Gasteiger partial charge < -0.3 is 25.5 Å². The van der Waals surface area contributed by atoms with Gasteiger partial charge in [-0.1, -0.05) is 56.9 Å². The third kappa shape index (κ3) is 12.2. The van der Waals surface area contributed by atoms with Gasteiger partial charge in [0.25, 0.3) is 0 Å². The van der Waals surface area contributed by atoms with Crippen molar-refractivity contribution in [2.75, 3.05) is 0 Å². The second kappa shape index (κ2) is 14.2. The van der Waals surface area contributed by atoms with Crippen LogP contribution in [0.4, 0.5) is 0 Å². The topological polar surface area (TPSA) is 118 Å². The maximum Gasteiger partial charge on any atom is 0.303 e. The summed E-state index contributed by atoms with van der Waals surface area (Å²) in [5.41, 5.74) is 0. The normalized spacial score (nSPS) is 17.2. The van der Waals surface area contributed by atoms with E-state index in [-0.39, 0.29) is 6.42 Å². The summed E-state index contributed by atoms with van der Waals surface area (Å²) in [6, 6.07) is 0. The lowest BCUT2D eigenvalue weighted by molar-refractivity contribution is -0.137. The third-order valence-corrected chi connectivity index (χ3v) is 3.76. The van der Waals surface area contributed by atoms with Crippen LogP contribution < -0.4 is 0 Å². The van der Waals surface area contributed by atoms with Crippen molar-refractivity contribution < 1.29 is 30.3 Å². The molecule has 0 bridgehead atoms. The SMILES string of the molecule is CCCCCC(O)C(O)/C=C/C=C/C(O)C(O)CCCCC(=O)O. The van der Waals surface area contributed by atoms with Crippen molar-refractivity contribution in [2.45, 2.75) is 82.7 Å². The molecule has 140 valence electrons. The van der Waals surface area contributed by atoms with Crippen LogP contribution in [0.15, 0.2) is 24.3 Å². The highest BCUT2D eigenvalue weighted by Crippen LogP contribution is 2.09. The molecule has 4 atom stereocenters. The van der Waals surface area contributed by atoms with Gasteiger partial charge in [0.2, 0.25) is 0 Å². The molecule has 5 N–H and O–H groups in total. The number of aliphatic hydroxyl groups excluding tert-OH is 4. The number of carboxylic acid groups (broad SMARTS) is 1. The van der Waals surface area contributed by atoms with Gasteiger partial charge in [-0.3, -0.25) is 4.79 Å². The largest absolute Gasteiger partial charge is 0.481 e. The van der Waals surface area contributed by atoms with Gasteiger partial charge in [0.05, 0.1) is 24.4 Å². The Balaban J connectivity index is 4.02.